The molecule has 1 aromatic carbocycles. The normalized spacial score (nSPS) is 16.1. The molecule has 0 amide bonds. The van der Waals surface area contributed by atoms with E-state index in [4.69, 9.17) is 10.5 Å². The van der Waals surface area contributed by atoms with Crippen molar-refractivity contribution in [3.8, 4) is 11.4 Å². The van der Waals surface area contributed by atoms with Gasteiger partial charge in [-0.3, -0.25) is 0 Å². The zero-order valence-corrected chi connectivity index (χ0v) is 11.9. The monoisotopic (exact) mass is 291 g/mol. The van der Waals surface area contributed by atoms with Crippen molar-refractivity contribution in [2.24, 2.45) is 5.41 Å². The Kier molecular flexibility index (Phi) is 3.59. The van der Waals surface area contributed by atoms with E-state index in [9.17, 15) is 4.39 Å². The predicted octanol–water partition coefficient (Wildman–Crippen LogP) is 1.88. The molecule has 1 aliphatic rings. The molecule has 1 saturated carbocycles. The summed E-state index contributed by atoms with van der Waals surface area (Å²) < 4.78 is 20.2. The summed E-state index contributed by atoms with van der Waals surface area (Å²) in [5.41, 5.74) is 6.66. The van der Waals surface area contributed by atoms with Gasteiger partial charge in [-0.25, -0.2) is 9.07 Å². The first-order valence-corrected chi connectivity index (χ1v) is 6.94. The van der Waals surface area contributed by atoms with Gasteiger partial charge in [0.25, 0.3) is 0 Å². The first-order chi connectivity index (χ1) is 10.1. The maximum atomic E-state index is 13.3. The maximum absolute atomic E-state index is 13.3. The second-order valence-electron chi connectivity index (χ2n) is 5.64. The van der Waals surface area contributed by atoms with Crippen LogP contribution in [0, 0.1) is 11.2 Å². The van der Waals surface area contributed by atoms with Crippen molar-refractivity contribution in [3.63, 3.8) is 0 Å². The molecule has 0 aliphatic heterocycles. The zero-order valence-electron chi connectivity index (χ0n) is 11.9. The van der Waals surface area contributed by atoms with Crippen molar-refractivity contribution in [1.29, 1.82) is 0 Å². The average molecular weight is 291 g/mol. The third-order valence-electron chi connectivity index (χ3n) is 4.06. The van der Waals surface area contributed by atoms with Crippen molar-refractivity contribution >= 4 is 5.69 Å². The second kappa shape index (κ2) is 5.40. The largest absolute Gasteiger partial charge is 0.396 e. The van der Waals surface area contributed by atoms with Crippen LogP contribution in [-0.4, -0.2) is 33.9 Å². The Morgan fingerprint density at radius 2 is 2.24 bits per heavy atom. The van der Waals surface area contributed by atoms with Gasteiger partial charge in [0.15, 0.2) is 5.82 Å². The summed E-state index contributed by atoms with van der Waals surface area (Å²) in [6, 6.07) is 4.54. The van der Waals surface area contributed by atoms with Crippen LogP contribution in [0.1, 0.15) is 19.3 Å². The third kappa shape index (κ3) is 2.87. The molecule has 2 N–H and O–H groups in total. The van der Waals surface area contributed by atoms with E-state index in [0.717, 1.165) is 38.0 Å². The Labute approximate surface area is 122 Å². The molecular formula is C14H18FN5O. The molecule has 7 heteroatoms. The first kappa shape index (κ1) is 13.9. The fourth-order valence-electron chi connectivity index (χ4n) is 2.50. The number of rotatable bonds is 6. The van der Waals surface area contributed by atoms with Gasteiger partial charge in [-0.1, -0.05) is 0 Å². The number of benzene rings is 1. The minimum absolute atomic E-state index is 0.0996. The Morgan fingerprint density at radius 3 is 2.90 bits per heavy atom. The third-order valence-corrected chi connectivity index (χ3v) is 4.06. The van der Waals surface area contributed by atoms with Crippen LogP contribution >= 0.6 is 0 Å². The van der Waals surface area contributed by atoms with Crippen molar-refractivity contribution in [3.05, 3.63) is 24.0 Å². The SMILES string of the molecule is COCCC1(Cn2nnnc2-c2ccc(F)c(N)c2)CC1. The van der Waals surface area contributed by atoms with E-state index < -0.39 is 5.82 Å². The van der Waals surface area contributed by atoms with E-state index in [1.54, 1.807) is 23.9 Å². The highest BCUT2D eigenvalue weighted by Gasteiger charge is 2.43. The van der Waals surface area contributed by atoms with Crippen molar-refractivity contribution in [1.82, 2.24) is 20.2 Å². The summed E-state index contributed by atoms with van der Waals surface area (Å²) in [5.74, 6) is 0.182. The van der Waals surface area contributed by atoms with Gasteiger partial charge < -0.3 is 10.5 Å². The molecule has 1 fully saturated rings. The highest BCUT2D eigenvalue weighted by Crippen LogP contribution is 2.50. The van der Waals surface area contributed by atoms with Crippen molar-refractivity contribution < 1.29 is 9.13 Å². The second-order valence-corrected chi connectivity index (χ2v) is 5.64. The van der Waals surface area contributed by atoms with Gasteiger partial charge >= 0.3 is 0 Å². The summed E-state index contributed by atoms with van der Waals surface area (Å²) in [5, 5.41) is 11.8. The molecule has 2 aromatic rings. The minimum atomic E-state index is -0.434. The van der Waals surface area contributed by atoms with Gasteiger partial charge in [-0.05, 0) is 53.3 Å². The number of hydrogen-bond acceptors (Lipinski definition) is 5. The smallest absolute Gasteiger partial charge is 0.182 e. The number of tetrazole rings is 1. The number of ether oxygens (including phenoxy) is 1. The summed E-state index contributed by atoms with van der Waals surface area (Å²) in [7, 11) is 1.71. The fraction of sp³-hybridized carbons (Fsp3) is 0.500. The van der Waals surface area contributed by atoms with E-state index in [2.05, 4.69) is 15.5 Å². The lowest BCUT2D eigenvalue weighted by Crippen LogP contribution is -2.16. The highest BCUT2D eigenvalue weighted by molar-refractivity contribution is 5.61. The van der Waals surface area contributed by atoms with Crippen LogP contribution in [0.25, 0.3) is 11.4 Å². The summed E-state index contributed by atoms with van der Waals surface area (Å²) in [4.78, 5) is 0. The lowest BCUT2D eigenvalue weighted by atomic mass is 10.0. The number of nitrogen functional groups attached to an aromatic ring is 1. The summed E-state index contributed by atoms with van der Waals surface area (Å²) >= 11 is 0. The molecule has 1 aliphatic carbocycles. The Balaban J connectivity index is 1.82. The van der Waals surface area contributed by atoms with E-state index >= 15 is 0 Å². The highest BCUT2D eigenvalue weighted by atomic mass is 19.1. The molecule has 0 bridgehead atoms. The number of hydrogen-bond donors (Lipinski definition) is 1. The predicted molar refractivity (Wildman–Crippen MR) is 75.8 cm³/mol. The van der Waals surface area contributed by atoms with E-state index in [1.165, 1.54) is 6.07 Å². The Morgan fingerprint density at radius 1 is 1.43 bits per heavy atom. The summed E-state index contributed by atoms with van der Waals surface area (Å²) in [6.45, 7) is 1.48. The molecule has 0 radical (unpaired) electrons. The van der Waals surface area contributed by atoms with Crippen LogP contribution in [0.3, 0.4) is 0 Å². The van der Waals surface area contributed by atoms with Gasteiger partial charge in [0.2, 0.25) is 0 Å². The van der Waals surface area contributed by atoms with Gasteiger partial charge in [0, 0.05) is 19.3 Å². The minimum Gasteiger partial charge on any atom is -0.396 e. The molecule has 0 atom stereocenters. The van der Waals surface area contributed by atoms with Crippen LogP contribution in [0.15, 0.2) is 18.2 Å². The molecule has 1 heterocycles. The molecule has 21 heavy (non-hydrogen) atoms. The fourth-order valence-corrected chi connectivity index (χ4v) is 2.50. The van der Waals surface area contributed by atoms with Crippen LogP contribution in [-0.2, 0) is 11.3 Å². The van der Waals surface area contributed by atoms with Crippen LogP contribution in [0.2, 0.25) is 0 Å². The van der Waals surface area contributed by atoms with E-state index in [1.807, 2.05) is 0 Å². The number of anilines is 1. The lowest BCUT2D eigenvalue weighted by molar-refractivity contribution is 0.165. The molecule has 0 saturated heterocycles. The maximum Gasteiger partial charge on any atom is 0.182 e. The van der Waals surface area contributed by atoms with Gasteiger partial charge in [0.1, 0.15) is 5.82 Å². The molecule has 1 aromatic heterocycles. The molecule has 3 rings (SSSR count). The van der Waals surface area contributed by atoms with Crippen LogP contribution in [0.5, 0.6) is 0 Å². The Bertz CT molecular complexity index is 638. The number of aromatic nitrogens is 4. The lowest BCUT2D eigenvalue weighted by Gasteiger charge is -2.15. The number of nitrogens with zero attached hydrogens (tertiary/aromatic N) is 4. The summed E-state index contributed by atoms with van der Waals surface area (Å²) in [6.07, 6.45) is 3.30. The zero-order chi connectivity index (χ0) is 14.9. The van der Waals surface area contributed by atoms with Crippen LogP contribution in [0.4, 0.5) is 10.1 Å². The Hall–Kier alpha value is -2.02. The van der Waals surface area contributed by atoms with Crippen LogP contribution < -0.4 is 5.73 Å². The van der Waals surface area contributed by atoms with E-state index in [-0.39, 0.29) is 11.1 Å². The first-order valence-electron chi connectivity index (χ1n) is 6.94. The molecule has 112 valence electrons. The molecular weight excluding hydrogens is 273 g/mol. The molecule has 0 spiro atoms. The average Bonchev–Trinajstić information content (AvgIpc) is 3.08. The van der Waals surface area contributed by atoms with Crippen molar-refractivity contribution in [2.45, 2.75) is 25.8 Å². The van der Waals surface area contributed by atoms with E-state index in [0.29, 0.717) is 5.82 Å². The number of nitrogens with two attached hydrogens (primary N) is 1. The van der Waals surface area contributed by atoms with Gasteiger partial charge in [-0.15, -0.1) is 5.10 Å². The number of halogens is 1. The van der Waals surface area contributed by atoms with Gasteiger partial charge in [0.05, 0.1) is 12.2 Å². The topological polar surface area (TPSA) is 78.8 Å². The standard InChI is InChI=1S/C14H18FN5O/c1-21-7-6-14(4-5-14)9-20-13(17-18-19-20)10-2-3-11(15)12(16)8-10/h2-3,8H,4-7,9,16H2,1H3. The quantitative estimate of drug-likeness (QED) is 0.822. The van der Waals surface area contributed by atoms with Crippen molar-refractivity contribution in [2.75, 3.05) is 19.5 Å². The molecule has 6 nitrogen and oxygen atoms in total. The number of methoxy groups -OCH3 is 1. The molecule has 0 unspecified atom stereocenters. The van der Waals surface area contributed by atoms with Gasteiger partial charge in [-0.2, -0.15) is 0 Å².